The molecule has 0 spiro atoms. The van der Waals surface area contributed by atoms with Crippen molar-refractivity contribution in [3.8, 4) is 5.75 Å². The molecule has 0 aliphatic carbocycles. The summed E-state index contributed by atoms with van der Waals surface area (Å²) in [5.41, 5.74) is 2.09. The maximum Gasteiger partial charge on any atom is 0.411 e. The fourth-order valence-corrected chi connectivity index (χ4v) is 3.45. The van der Waals surface area contributed by atoms with Crippen LogP contribution in [0.2, 0.25) is 0 Å². The van der Waals surface area contributed by atoms with Crippen LogP contribution in [0, 0.1) is 0 Å². The number of benzene rings is 1. The van der Waals surface area contributed by atoms with Crippen LogP contribution in [0.25, 0.3) is 5.57 Å². The molecule has 1 aromatic rings. The molecular formula is C19H25NO3. The van der Waals surface area contributed by atoms with Gasteiger partial charge in [0.15, 0.2) is 0 Å². The number of amides is 1. The molecule has 4 heteroatoms. The molecule has 124 valence electrons. The molecule has 0 aromatic heterocycles. The van der Waals surface area contributed by atoms with E-state index in [1.54, 1.807) is 7.11 Å². The highest BCUT2D eigenvalue weighted by atomic mass is 16.6. The van der Waals surface area contributed by atoms with E-state index in [4.69, 9.17) is 9.47 Å². The molecule has 2 aliphatic heterocycles. The number of methoxy groups -OCH3 is 1. The van der Waals surface area contributed by atoms with Crippen LogP contribution in [0.3, 0.4) is 0 Å². The first-order valence-electron chi connectivity index (χ1n) is 8.24. The third-order valence-electron chi connectivity index (χ3n) is 4.46. The lowest BCUT2D eigenvalue weighted by Crippen LogP contribution is -2.45. The lowest BCUT2D eigenvalue weighted by molar-refractivity contribution is 0.0175. The molecule has 2 unspecified atom stereocenters. The average molecular weight is 315 g/mol. The number of nitrogens with zero attached hydrogens (tertiary/aromatic N) is 1. The van der Waals surface area contributed by atoms with Crippen molar-refractivity contribution in [2.45, 2.75) is 57.7 Å². The lowest BCUT2D eigenvalue weighted by Gasteiger charge is -2.35. The molecule has 4 nitrogen and oxygen atoms in total. The zero-order chi connectivity index (χ0) is 16.6. The standard InChI is InChI=1S/C19H25NO3/c1-19(2,3)23-18(21)20-15-7-8-16(20)12-14(11-15)13-5-9-17(22-4)10-6-13/h5-6,9-11,15-16H,7-8,12H2,1-4H3. The number of carbonyl (C=O) groups excluding carboxylic acids is 1. The Balaban J connectivity index is 1.78. The first-order chi connectivity index (χ1) is 10.9. The Morgan fingerprint density at radius 3 is 2.43 bits per heavy atom. The Bertz CT molecular complexity index is 612. The Hall–Kier alpha value is -1.97. The summed E-state index contributed by atoms with van der Waals surface area (Å²) in [7, 11) is 1.67. The van der Waals surface area contributed by atoms with Gasteiger partial charge in [0.1, 0.15) is 11.4 Å². The van der Waals surface area contributed by atoms with E-state index in [-0.39, 0.29) is 18.2 Å². The monoisotopic (exact) mass is 315 g/mol. The second-order valence-corrected chi connectivity index (χ2v) is 7.31. The van der Waals surface area contributed by atoms with Gasteiger partial charge in [0.05, 0.1) is 13.2 Å². The summed E-state index contributed by atoms with van der Waals surface area (Å²) in [6.07, 6.45) is 5.00. The van der Waals surface area contributed by atoms with Gasteiger partial charge in [-0.1, -0.05) is 18.2 Å². The van der Waals surface area contributed by atoms with E-state index < -0.39 is 5.60 Å². The SMILES string of the molecule is COc1ccc(C2=CC3CCC(C2)N3C(=O)OC(C)(C)C)cc1. The lowest BCUT2D eigenvalue weighted by atomic mass is 9.95. The topological polar surface area (TPSA) is 38.8 Å². The van der Waals surface area contributed by atoms with Gasteiger partial charge < -0.3 is 9.47 Å². The van der Waals surface area contributed by atoms with Gasteiger partial charge in [-0.05, 0) is 63.3 Å². The summed E-state index contributed by atoms with van der Waals surface area (Å²) >= 11 is 0. The number of hydrogen-bond donors (Lipinski definition) is 0. The van der Waals surface area contributed by atoms with Gasteiger partial charge >= 0.3 is 6.09 Å². The molecule has 2 bridgehead atoms. The molecule has 1 saturated heterocycles. The van der Waals surface area contributed by atoms with Crippen molar-refractivity contribution in [1.29, 1.82) is 0 Å². The second-order valence-electron chi connectivity index (χ2n) is 7.31. The molecule has 3 rings (SSSR count). The molecule has 2 atom stereocenters. The van der Waals surface area contributed by atoms with E-state index >= 15 is 0 Å². The number of fused-ring (bicyclic) bond motifs is 2. The van der Waals surface area contributed by atoms with Gasteiger partial charge in [0, 0.05) is 6.04 Å². The quantitative estimate of drug-likeness (QED) is 0.819. The summed E-state index contributed by atoms with van der Waals surface area (Å²) in [4.78, 5) is 14.4. The van der Waals surface area contributed by atoms with Crippen molar-refractivity contribution in [2.24, 2.45) is 0 Å². The third-order valence-corrected chi connectivity index (χ3v) is 4.46. The maximum atomic E-state index is 12.5. The van der Waals surface area contributed by atoms with E-state index in [0.29, 0.717) is 0 Å². The third kappa shape index (κ3) is 3.36. The molecule has 1 fully saturated rings. The normalized spacial score (nSPS) is 23.5. The van der Waals surface area contributed by atoms with Crippen molar-refractivity contribution in [2.75, 3.05) is 7.11 Å². The number of hydrogen-bond acceptors (Lipinski definition) is 3. The molecule has 2 heterocycles. The first-order valence-corrected chi connectivity index (χ1v) is 8.24. The van der Waals surface area contributed by atoms with Crippen LogP contribution in [0.15, 0.2) is 30.3 Å². The zero-order valence-electron chi connectivity index (χ0n) is 14.3. The Morgan fingerprint density at radius 1 is 1.17 bits per heavy atom. The predicted molar refractivity (Wildman–Crippen MR) is 90.5 cm³/mol. The van der Waals surface area contributed by atoms with Crippen LogP contribution in [-0.2, 0) is 4.74 Å². The van der Waals surface area contributed by atoms with E-state index in [2.05, 4.69) is 18.2 Å². The van der Waals surface area contributed by atoms with E-state index in [1.807, 2.05) is 37.8 Å². The highest BCUT2D eigenvalue weighted by Gasteiger charge is 2.41. The van der Waals surface area contributed by atoms with Gasteiger partial charge in [-0.3, -0.25) is 4.90 Å². The van der Waals surface area contributed by atoms with E-state index in [0.717, 1.165) is 25.0 Å². The Morgan fingerprint density at radius 2 is 1.87 bits per heavy atom. The van der Waals surface area contributed by atoms with E-state index in [9.17, 15) is 4.79 Å². The summed E-state index contributed by atoms with van der Waals surface area (Å²) in [6, 6.07) is 8.55. The van der Waals surface area contributed by atoms with Crippen molar-refractivity contribution in [3.63, 3.8) is 0 Å². The predicted octanol–water partition coefficient (Wildman–Crippen LogP) is 4.25. The molecule has 0 N–H and O–H groups in total. The van der Waals surface area contributed by atoms with Gasteiger partial charge in [0.25, 0.3) is 0 Å². The molecular weight excluding hydrogens is 290 g/mol. The van der Waals surface area contributed by atoms with Crippen molar-refractivity contribution >= 4 is 11.7 Å². The van der Waals surface area contributed by atoms with E-state index in [1.165, 1.54) is 11.1 Å². The minimum absolute atomic E-state index is 0.153. The molecule has 1 aromatic carbocycles. The van der Waals surface area contributed by atoms with Gasteiger partial charge in [-0.2, -0.15) is 0 Å². The largest absolute Gasteiger partial charge is 0.497 e. The van der Waals surface area contributed by atoms with Crippen LogP contribution < -0.4 is 4.74 Å². The van der Waals surface area contributed by atoms with Crippen LogP contribution >= 0.6 is 0 Å². The Kier molecular flexibility index (Phi) is 4.09. The summed E-state index contributed by atoms with van der Waals surface area (Å²) in [5, 5.41) is 0. The van der Waals surface area contributed by atoms with Gasteiger partial charge in [-0.25, -0.2) is 4.79 Å². The van der Waals surface area contributed by atoms with Crippen molar-refractivity contribution in [3.05, 3.63) is 35.9 Å². The highest BCUT2D eigenvalue weighted by molar-refractivity contribution is 5.75. The summed E-state index contributed by atoms with van der Waals surface area (Å²) in [5.74, 6) is 0.864. The van der Waals surface area contributed by atoms with Crippen LogP contribution in [-0.4, -0.2) is 35.8 Å². The molecule has 23 heavy (non-hydrogen) atoms. The summed E-state index contributed by atoms with van der Waals surface area (Å²) in [6.45, 7) is 5.74. The number of rotatable bonds is 2. The van der Waals surface area contributed by atoms with Gasteiger partial charge in [-0.15, -0.1) is 0 Å². The van der Waals surface area contributed by atoms with Crippen LogP contribution in [0.4, 0.5) is 4.79 Å². The number of carbonyl (C=O) groups is 1. The fraction of sp³-hybridized carbons (Fsp3) is 0.526. The minimum Gasteiger partial charge on any atom is -0.497 e. The van der Waals surface area contributed by atoms with Crippen LogP contribution in [0.1, 0.15) is 45.6 Å². The Labute approximate surface area is 138 Å². The minimum atomic E-state index is -0.448. The number of ether oxygens (including phenoxy) is 2. The van der Waals surface area contributed by atoms with Crippen molar-refractivity contribution in [1.82, 2.24) is 4.90 Å². The molecule has 0 saturated carbocycles. The smallest absolute Gasteiger partial charge is 0.411 e. The maximum absolute atomic E-state index is 12.5. The second kappa shape index (κ2) is 5.91. The average Bonchev–Trinajstić information content (AvgIpc) is 2.76. The molecule has 1 amide bonds. The summed E-state index contributed by atoms with van der Waals surface area (Å²) < 4.78 is 10.8. The van der Waals surface area contributed by atoms with Crippen LogP contribution in [0.5, 0.6) is 5.75 Å². The first kappa shape index (κ1) is 15.9. The highest BCUT2D eigenvalue weighted by Crippen LogP contribution is 2.39. The molecule has 2 aliphatic rings. The molecule has 0 radical (unpaired) electrons. The van der Waals surface area contributed by atoms with Gasteiger partial charge in [0.2, 0.25) is 0 Å². The van der Waals surface area contributed by atoms with Crippen molar-refractivity contribution < 1.29 is 14.3 Å². The zero-order valence-corrected chi connectivity index (χ0v) is 14.3. The fourth-order valence-electron chi connectivity index (χ4n) is 3.45.